The Balaban J connectivity index is 2.64. The van der Waals surface area contributed by atoms with Crippen LogP contribution >= 0.6 is 0 Å². The number of aliphatic hydroxyl groups excluding tert-OH is 1. The summed E-state index contributed by atoms with van der Waals surface area (Å²) in [5, 5.41) is 12.4. The molecule has 0 amide bonds. The molecule has 96 valence electrons. The molecule has 0 spiro atoms. The van der Waals surface area contributed by atoms with Crippen molar-refractivity contribution in [2.24, 2.45) is 0 Å². The molecule has 1 aromatic carbocycles. The van der Waals surface area contributed by atoms with Gasteiger partial charge < -0.3 is 9.84 Å². The number of hydrogen-bond acceptors (Lipinski definition) is 3. The zero-order valence-corrected chi connectivity index (χ0v) is 11.2. The van der Waals surface area contributed by atoms with E-state index in [-0.39, 0.29) is 18.9 Å². The monoisotopic (exact) mass is 237 g/mol. The molecule has 3 nitrogen and oxygen atoms in total. The fourth-order valence-electron chi connectivity index (χ4n) is 1.83. The second-order valence-corrected chi connectivity index (χ2v) is 4.44. The van der Waals surface area contributed by atoms with E-state index in [2.05, 4.69) is 5.32 Å². The Morgan fingerprint density at radius 3 is 2.35 bits per heavy atom. The molecule has 0 aliphatic carbocycles. The van der Waals surface area contributed by atoms with E-state index in [1.54, 1.807) is 0 Å². The minimum absolute atomic E-state index is 0.0920. The molecule has 0 saturated carbocycles. The third-order valence-electron chi connectivity index (χ3n) is 2.89. The molecule has 0 bridgehead atoms. The lowest BCUT2D eigenvalue weighted by atomic mass is 10.1. The lowest BCUT2D eigenvalue weighted by molar-refractivity contribution is 0.136. The van der Waals surface area contributed by atoms with Crippen LogP contribution in [0.5, 0.6) is 5.75 Å². The third-order valence-corrected chi connectivity index (χ3v) is 2.89. The number of para-hydroxylation sites is 1. The van der Waals surface area contributed by atoms with Crippen LogP contribution < -0.4 is 10.1 Å². The molecule has 0 fully saturated rings. The van der Waals surface area contributed by atoms with Crippen molar-refractivity contribution in [3.05, 3.63) is 29.3 Å². The number of aliphatic hydroxyl groups is 1. The van der Waals surface area contributed by atoms with E-state index >= 15 is 0 Å². The maximum Gasteiger partial charge on any atom is 0.147 e. The van der Waals surface area contributed by atoms with Crippen molar-refractivity contribution in [1.29, 1.82) is 0 Å². The van der Waals surface area contributed by atoms with Crippen LogP contribution in [0, 0.1) is 13.8 Å². The molecule has 0 aromatic heterocycles. The summed E-state index contributed by atoms with van der Waals surface area (Å²) >= 11 is 0. The van der Waals surface area contributed by atoms with Crippen molar-refractivity contribution in [3.63, 3.8) is 0 Å². The second kappa shape index (κ2) is 6.62. The maximum absolute atomic E-state index is 9.13. The first-order chi connectivity index (χ1) is 8.08. The summed E-state index contributed by atoms with van der Waals surface area (Å²) in [6.45, 7) is 8.22. The number of rotatable bonds is 6. The lowest BCUT2D eigenvalue weighted by Crippen LogP contribution is -2.41. The highest BCUT2D eigenvalue weighted by Crippen LogP contribution is 2.23. The lowest BCUT2D eigenvalue weighted by Gasteiger charge is -2.23. The molecule has 17 heavy (non-hydrogen) atoms. The van der Waals surface area contributed by atoms with Crippen LogP contribution in [0.4, 0.5) is 0 Å². The standard InChI is InChI=1S/C14H23NO2/c1-5-13(9-16)15-12(4)17-14-10(2)7-6-8-11(14)3/h6-8,12-13,15-16H,5,9H2,1-4H3. The van der Waals surface area contributed by atoms with E-state index in [0.29, 0.717) is 0 Å². The molecule has 2 atom stereocenters. The Hall–Kier alpha value is -1.06. The average molecular weight is 237 g/mol. The highest BCUT2D eigenvalue weighted by atomic mass is 16.5. The van der Waals surface area contributed by atoms with Gasteiger partial charge in [0.25, 0.3) is 0 Å². The molecule has 1 rings (SSSR count). The zero-order valence-electron chi connectivity index (χ0n) is 11.2. The van der Waals surface area contributed by atoms with Crippen molar-refractivity contribution in [2.45, 2.75) is 46.4 Å². The molecule has 0 heterocycles. The van der Waals surface area contributed by atoms with E-state index in [9.17, 15) is 0 Å². The van der Waals surface area contributed by atoms with Gasteiger partial charge in [0.1, 0.15) is 12.0 Å². The predicted molar refractivity (Wildman–Crippen MR) is 70.3 cm³/mol. The smallest absolute Gasteiger partial charge is 0.147 e. The Kier molecular flexibility index (Phi) is 5.45. The van der Waals surface area contributed by atoms with Crippen molar-refractivity contribution < 1.29 is 9.84 Å². The van der Waals surface area contributed by atoms with E-state index in [4.69, 9.17) is 9.84 Å². The molecule has 2 N–H and O–H groups in total. The first-order valence-electron chi connectivity index (χ1n) is 6.18. The van der Waals surface area contributed by atoms with E-state index < -0.39 is 0 Å². The Morgan fingerprint density at radius 1 is 1.29 bits per heavy atom. The topological polar surface area (TPSA) is 41.5 Å². The first-order valence-corrected chi connectivity index (χ1v) is 6.18. The molecule has 3 heteroatoms. The summed E-state index contributed by atoms with van der Waals surface area (Å²) in [6.07, 6.45) is 0.781. The maximum atomic E-state index is 9.13. The van der Waals surface area contributed by atoms with Gasteiger partial charge in [-0.15, -0.1) is 0 Å². The van der Waals surface area contributed by atoms with Crippen LogP contribution in [-0.4, -0.2) is 24.0 Å². The highest BCUT2D eigenvalue weighted by Gasteiger charge is 2.12. The minimum Gasteiger partial charge on any atom is -0.475 e. The fourth-order valence-corrected chi connectivity index (χ4v) is 1.83. The van der Waals surface area contributed by atoms with Gasteiger partial charge >= 0.3 is 0 Å². The summed E-state index contributed by atoms with van der Waals surface area (Å²) in [5.41, 5.74) is 2.27. The number of nitrogens with one attached hydrogen (secondary N) is 1. The second-order valence-electron chi connectivity index (χ2n) is 4.44. The first kappa shape index (κ1) is 14.0. The summed E-state index contributed by atoms with van der Waals surface area (Å²) < 4.78 is 5.89. The van der Waals surface area contributed by atoms with Crippen molar-refractivity contribution >= 4 is 0 Å². The molecule has 1 aromatic rings. The molecule has 0 saturated heterocycles. The van der Waals surface area contributed by atoms with Crippen LogP contribution in [0.3, 0.4) is 0 Å². The average Bonchev–Trinajstić information content (AvgIpc) is 2.31. The normalized spacial score (nSPS) is 14.4. The highest BCUT2D eigenvalue weighted by molar-refractivity contribution is 5.39. The van der Waals surface area contributed by atoms with Gasteiger partial charge in [-0.3, -0.25) is 5.32 Å². The van der Waals surface area contributed by atoms with E-state index in [1.807, 2.05) is 45.9 Å². The van der Waals surface area contributed by atoms with Gasteiger partial charge in [0.2, 0.25) is 0 Å². The van der Waals surface area contributed by atoms with Gasteiger partial charge in [-0.05, 0) is 38.3 Å². The molecular formula is C14H23NO2. The zero-order chi connectivity index (χ0) is 12.8. The quantitative estimate of drug-likeness (QED) is 0.746. The Bertz CT molecular complexity index is 328. The van der Waals surface area contributed by atoms with Crippen molar-refractivity contribution in [1.82, 2.24) is 5.32 Å². The third kappa shape index (κ3) is 4.02. The number of hydrogen-bond donors (Lipinski definition) is 2. The van der Waals surface area contributed by atoms with E-state index in [0.717, 1.165) is 23.3 Å². The molecule has 0 aliphatic rings. The Labute approximate surface area is 104 Å². The number of benzene rings is 1. The van der Waals surface area contributed by atoms with Gasteiger partial charge in [0.15, 0.2) is 0 Å². The van der Waals surface area contributed by atoms with Crippen LogP contribution in [0.2, 0.25) is 0 Å². The van der Waals surface area contributed by atoms with Gasteiger partial charge in [0.05, 0.1) is 6.61 Å². The summed E-state index contributed by atoms with van der Waals surface area (Å²) in [5.74, 6) is 0.931. The predicted octanol–water partition coefficient (Wildman–Crippen LogP) is 2.39. The number of ether oxygens (including phenoxy) is 1. The van der Waals surface area contributed by atoms with Gasteiger partial charge in [-0.2, -0.15) is 0 Å². The largest absolute Gasteiger partial charge is 0.475 e. The molecule has 0 radical (unpaired) electrons. The number of aryl methyl sites for hydroxylation is 2. The SMILES string of the molecule is CCC(CO)NC(C)Oc1c(C)cccc1C. The van der Waals surface area contributed by atoms with E-state index in [1.165, 1.54) is 0 Å². The summed E-state index contributed by atoms with van der Waals surface area (Å²) in [7, 11) is 0. The summed E-state index contributed by atoms with van der Waals surface area (Å²) in [6, 6.07) is 6.20. The van der Waals surface area contributed by atoms with Crippen molar-refractivity contribution in [3.8, 4) is 5.75 Å². The van der Waals surface area contributed by atoms with Crippen LogP contribution in [-0.2, 0) is 0 Å². The molecular weight excluding hydrogens is 214 g/mol. The van der Waals surface area contributed by atoms with Gasteiger partial charge in [-0.1, -0.05) is 25.1 Å². The fraction of sp³-hybridized carbons (Fsp3) is 0.571. The van der Waals surface area contributed by atoms with Gasteiger partial charge in [0, 0.05) is 6.04 Å². The van der Waals surface area contributed by atoms with Gasteiger partial charge in [-0.25, -0.2) is 0 Å². The summed E-state index contributed by atoms with van der Waals surface area (Å²) in [4.78, 5) is 0. The molecule has 0 aliphatic heterocycles. The van der Waals surface area contributed by atoms with Crippen molar-refractivity contribution in [2.75, 3.05) is 6.61 Å². The Morgan fingerprint density at radius 2 is 1.88 bits per heavy atom. The molecule has 2 unspecified atom stereocenters. The van der Waals surface area contributed by atoms with Crippen LogP contribution in [0.1, 0.15) is 31.4 Å². The van der Waals surface area contributed by atoms with Crippen LogP contribution in [0.15, 0.2) is 18.2 Å². The van der Waals surface area contributed by atoms with Crippen LogP contribution in [0.25, 0.3) is 0 Å². The minimum atomic E-state index is -0.105.